The molecule has 5 rings (SSSR count). The lowest BCUT2D eigenvalue weighted by Gasteiger charge is -2.73. The summed E-state index contributed by atoms with van der Waals surface area (Å²) in [5.74, 6) is -1.96. The van der Waals surface area contributed by atoms with Crippen molar-refractivity contribution in [1.29, 1.82) is 0 Å². The molecule has 5 aliphatic rings. The molecule has 120 valence electrons. The highest BCUT2D eigenvalue weighted by Crippen LogP contribution is 2.81. The van der Waals surface area contributed by atoms with Gasteiger partial charge in [0.1, 0.15) is 6.10 Å². The van der Waals surface area contributed by atoms with Gasteiger partial charge in [0.05, 0.1) is 34.7 Å². The van der Waals surface area contributed by atoms with Crippen LogP contribution in [0.25, 0.3) is 0 Å². The second kappa shape index (κ2) is 3.18. The van der Waals surface area contributed by atoms with Crippen molar-refractivity contribution in [3.8, 4) is 0 Å². The third-order valence-corrected chi connectivity index (χ3v) is 8.08. The molecule has 6 heteroatoms. The quantitative estimate of drug-likeness (QED) is 0.397. The molecule has 21 heavy (non-hydrogen) atoms. The monoisotopic (exact) mass is 300 g/mol. The van der Waals surface area contributed by atoms with Crippen molar-refractivity contribution in [1.82, 2.24) is 0 Å². The molecule has 5 N–H and O–H groups in total. The molecule has 0 aromatic carbocycles. The first-order valence-electron chi connectivity index (χ1n) is 7.62. The fourth-order valence-electron chi connectivity index (χ4n) is 6.42. The highest BCUT2D eigenvalue weighted by Gasteiger charge is 2.93. The Hall–Kier alpha value is -0.240. The van der Waals surface area contributed by atoms with Crippen molar-refractivity contribution in [3.05, 3.63) is 0 Å². The smallest absolute Gasteiger partial charge is 0.201 e. The summed E-state index contributed by atoms with van der Waals surface area (Å²) in [7, 11) is 0. The number of aliphatic hydroxyl groups is 5. The SMILES string of the molecule is C[C@]12CO[C@@]3(O)[C@@H](O)[C@]4(C[C@@H](O)[C@@]13C)[C@@]2(O)CC[C@@]4(C)O. The van der Waals surface area contributed by atoms with Gasteiger partial charge in [0.25, 0.3) is 0 Å². The molecule has 0 unspecified atom stereocenters. The lowest BCUT2D eigenvalue weighted by Crippen LogP contribution is -2.86. The molecule has 4 saturated carbocycles. The molecular weight excluding hydrogens is 276 g/mol. The summed E-state index contributed by atoms with van der Waals surface area (Å²) in [5.41, 5.74) is -6.29. The molecule has 4 aliphatic carbocycles. The highest BCUT2D eigenvalue weighted by molar-refractivity contribution is 5.39. The number of hydrogen-bond acceptors (Lipinski definition) is 6. The molecule has 0 radical (unpaired) electrons. The Kier molecular flexibility index (Phi) is 2.17. The van der Waals surface area contributed by atoms with Crippen LogP contribution in [0.5, 0.6) is 0 Å². The number of fused-ring (bicyclic) bond motifs is 1. The first-order valence-corrected chi connectivity index (χ1v) is 7.62. The Morgan fingerprint density at radius 2 is 1.62 bits per heavy atom. The first kappa shape index (κ1) is 14.4. The van der Waals surface area contributed by atoms with E-state index in [1.54, 1.807) is 20.8 Å². The molecule has 1 saturated heterocycles. The zero-order valence-electron chi connectivity index (χ0n) is 12.6. The maximum atomic E-state index is 11.5. The molecule has 1 aliphatic heterocycles. The molecule has 1 spiro atoms. The van der Waals surface area contributed by atoms with E-state index in [1.807, 2.05) is 0 Å². The van der Waals surface area contributed by atoms with Crippen molar-refractivity contribution in [2.24, 2.45) is 16.2 Å². The molecule has 5 fully saturated rings. The van der Waals surface area contributed by atoms with E-state index >= 15 is 0 Å². The van der Waals surface area contributed by atoms with Gasteiger partial charge in [0, 0.05) is 5.41 Å². The van der Waals surface area contributed by atoms with Crippen LogP contribution in [0.2, 0.25) is 0 Å². The van der Waals surface area contributed by atoms with Gasteiger partial charge in [-0.05, 0) is 26.2 Å². The maximum Gasteiger partial charge on any atom is 0.201 e. The summed E-state index contributed by atoms with van der Waals surface area (Å²) in [6, 6.07) is 0. The first-order chi connectivity index (χ1) is 9.45. The van der Waals surface area contributed by atoms with Crippen LogP contribution in [0.3, 0.4) is 0 Å². The minimum absolute atomic E-state index is 0.0441. The van der Waals surface area contributed by atoms with Crippen molar-refractivity contribution in [3.63, 3.8) is 0 Å². The van der Waals surface area contributed by atoms with E-state index < -0.39 is 45.4 Å². The summed E-state index contributed by atoms with van der Waals surface area (Å²) in [4.78, 5) is 0. The van der Waals surface area contributed by atoms with Crippen LogP contribution in [-0.2, 0) is 4.74 Å². The van der Waals surface area contributed by atoms with Crippen molar-refractivity contribution >= 4 is 0 Å². The minimum atomic E-state index is -1.96. The van der Waals surface area contributed by atoms with Gasteiger partial charge in [-0.1, -0.05) is 13.8 Å². The summed E-state index contributed by atoms with van der Waals surface area (Å²) in [6.45, 7) is 5.07. The van der Waals surface area contributed by atoms with Gasteiger partial charge in [0.2, 0.25) is 5.79 Å². The van der Waals surface area contributed by atoms with E-state index in [4.69, 9.17) is 4.74 Å². The van der Waals surface area contributed by atoms with Gasteiger partial charge in [-0.15, -0.1) is 0 Å². The molecule has 6 nitrogen and oxygen atoms in total. The fourth-order valence-corrected chi connectivity index (χ4v) is 6.42. The Labute approximate surface area is 123 Å². The van der Waals surface area contributed by atoms with E-state index in [-0.39, 0.29) is 13.0 Å². The maximum absolute atomic E-state index is 11.5. The number of hydrogen-bond donors (Lipinski definition) is 5. The number of ether oxygens (including phenoxy) is 1. The summed E-state index contributed by atoms with van der Waals surface area (Å²) in [5, 5.41) is 55.0. The average Bonchev–Trinajstić information content (AvgIpc) is 2.74. The van der Waals surface area contributed by atoms with E-state index in [0.717, 1.165) is 0 Å². The standard InChI is InChI=1S/C15H24O6/c1-10-7-21-15(20)9(17)13(6-8(16)12(10,15)3)11(2,18)4-5-14(10,13)19/h8-9,16-20H,4-7H2,1-3H3/t8-,9+,10+,11-,12+,13+,14-,15+/m1/s1. The van der Waals surface area contributed by atoms with Crippen LogP contribution in [0, 0.1) is 16.2 Å². The molecule has 0 aromatic rings. The molecule has 8 atom stereocenters. The third-order valence-electron chi connectivity index (χ3n) is 8.08. The Bertz CT molecular complexity index is 536. The van der Waals surface area contributed by atoms with Crippen LogP contribution in [0.15, 0.2) is 0 Å². The van der Waals surface area contributed by atoms with Crippen LogP contribution in [-0.4, -0.2) is 61.3 Å². The molecular formula is C15H24O6. The lowest BCUT2D eigenvalue weighted by atomic mass is 9.34. The van der Waals surface area contributed by atoms with Crippen LogP contribution in [0.4, 0.5) is 0 Å². The summed E-state index contributed by atoms with van der Waals surface area (Å²) < 4.78 is 5.55. The zero-order valence-corrected chi connectivity index (χ0v) is 12.6. The zero-order chi connectivity index (χ0) is 15.7. The van der Waals surface area contributed by atoms with Crippen molar-refractivity contribution in [2.75, 3.05) is 6.61 Å². The Balaban J connectivity index is 2.10. The second-order valence-corrected chi connectivity index (χ2v) is 8.25. The predicted octanol–water partition coefficient (Wildman–Crippen LogP) is -0.881. The average molecular weight is 300 g/mol. The number of rotatable bonds is 0. The highest BCUT2D eigenvalue weighted by atomic mass is 16.7. The van der Waals surface area contributed by atoms with Gasteiger partial charge in [-0.3, -0.25) is 0 Å². The topological polar surface area (TPSA) is 110 Å². The summed E-state index contributed by atoms with van der Waals surface area (Å²) in [6.07, 6.45) is -1.74. The Morgan fingerprint density at radius 1 is 1.00 bits per heavy atom. The van der Waals surface area contributed by atoms with E-state index in [9.17, 15) is 25.5 Å². The molecule has 4 bridgehead atoms. The Morgan fingerprint density at radius 3 is 2.24 bits per heavy atom. The van der Waals surface area contributed by atoms with Crippen LogP contribution >= 0.6 is 0 Å². The molecule has 1 heterocycles. The number of aliphatic hydroxyl groups excluding tert-OH is 2. The fraction of sp³-hybridized carbons (Fsp3) is 1.00. The summed E-state index contributed by atoms with van der Waals surface area (Å²) >= 11 is 0. The molecule has 0 aromatic heterocycles. The lowest BCUT2D eigenvalue weighted by molar-refractivity contribution is -0.424. The van der Waals surface area contributed by atoms with Gasteiger partial charge in [0.15, 0.2) is 0 Å². The van der Waals surface area contributed by atoms with E-state index in [1.165, 1.54) is 0 Å². The van der Waals surface area contributed by atoms with Gasteiger partial charge >= 0.3 is 0 Å². The van der Waals surface area contributed by atoms with Crippen LogP contribution < -0.4 is 0 Å². The van der Waals surface area contributed by atoms with Crippen molar-refractivity contribution in [2.45, 2.75) is 69.2 Å². The minimum Gasteiger partial charge on any atom is -0.392 e. The van der Waals surface area contributed by atoms with E-state index in [2.05, 4.69) is 0 Å². The van der Waals surface area contributed by atoms with Gasteiger partial charge in [-0.25, -0.2) is 0 Å². The van der Waals surface area contributed by atoms with Gasteiger partial charge < -0.3 is 30.3 Å². The normalized spacial score (nSPS) is 72.0. The van der Waals surface area contributed by atoms with Crippen molar-refractivity contribution < 1.29 is 30.3 Å². The molecule has 0 amide bonds. The third kappa shape index (κ3) is 0.932. The van der Waals surface area contributed by atoms with Gasteiger partial charge in [-0.2, -0.15) is 0 Å². The largest absolute Gasteiger partial charge is 0.392 e. The second-order valence-electron chi connectivity index (χ2n) is 8.25. The van der Waals surface area contributed by atoms with E-state index in [0.29, 0.717) is 12.8 Å². The van der Waals surface area contributed by atoms with Crippen LogP contribution in [0.1, 0.15) is 40.0 Å². The predicted molar refractivity (Wildman–Crippen MR) is 71.0 cm³/mol.